The fourth-order valence-electron chi connectivity index (χ4n) is 4.15. The summed E-state index contributed by atoms with van der Waals surface area (Å²) in [5.41, 5.74) is 6.32. The second-order valence-corrected chi connectivity index (χ2v) is 12.2. The van der Waals surface area contributed by atoms with E-state index in [1.807, 2.05) is 42.5 Å². The Hall–Kier alpha value is -3.27. The van der Waals surface area contributed by atoms with E-state index < -0.39 is 5.96 Å². The summed E-state index contributed by atoms with van der Waals surface area (Å²) in [5.74, 6) is 2.13. The van der Waals surface area contributed by atoms with Crippen molar-refractivity contribution in [3.63, 3.8) is 0 Å². The van der Waals surface area contributed by atoms with E-state index in [1.54, 1.807) is 0 Å². The second kappa shape index (κ2) is 7.70. The van der Waals surface area contributed by atoms with Gasteiger partial charge in [0, 0.05) is 0 Å². The van der Waals surface area contributed by atoms with Crippen molar-refractivity contribution in [2.45, 2.75) is 0 Å². The summed E-state index contributed by atoms with van der Waals surface area (Å²) in [6.07, 6.45) is 0. The van der Waals surface area contributed by atoms with Crippen molar-refractivity contribution in [1.29, 1.82) is 0 Å². The molecule has 6 rings (SSSR count). The normalized spacial score (nSPS) is 13.6. The summed E-state index contributed by atoms with van der Waals surface area (Å²) in [4.78, 5) is 0. The molecule has 1 aliphatic heterocycles. The maximum absolute atomic E-state index is 6.57. The fraction of sp³-hybridized carbons (Fsp3) is 0. The molecule has 1 heterocycles. The van der Waals surface area contributed by atoms with E-state index in [1.165, 1.54) is 0 Å². The van der Waals surface area contributed by atoms with Crippen LogP contribution in [-0.4, -0.2) is 15.1 Å². The molecule has 0 amide bonds. The molecule has 0 unspecified atom stereocenters. The molecule has 0 spiro atoms. The van der Waals surface area contributed by atoms with E-state index in [2.05, 4.69) is 87.3 Å². The topological polar surface area (TPSA) is 18.5 Å². The third kappa shape index (κ3) is 3.35. The van der Waals surface area contributed by atoms with E-state index in [-0.39, 0.29) is 0 Å². The first-order valence-corrected chi connectivity index (χ1v) is 14.2. The number of rotatable bonds is 0. The van der Waals surface area contributed by atoms with Crippen LogP contribution >= 0.6 is 5.96 Å². The van der Waals surface area contributed by atoms with Crippen molar-refractivity contribution in [2.75, 3.05) is 0 Å². The minimum atomic E-state index is -2.68. The molecule has 2 nitrogen and oxygen atoms in total. The van der Waals surface area contributed by atoms with Crippen molar-refractivity contribution in [3.05, 3.63) is 109 Å². The fourth-order valence-corrected chi connectivity index (χ4v) is 6.66. The van der Waals surface area contributed by atoms with Gasteiger partial charge in [-0.3, -0.25) is 0 Å². The van der Waals surface area contributed by atoms with Crippen LogP contribution in [0.4, 0.5) is 0 Å². The van der Waals surface area contributed by atoms with Crippen LogP contribution in [0.3, 0.4) is 0 Å². The number of benzene rings is 5. The van der Waals surface area contributed by atoms with Gasteiger partial charge in [-0.1, -0.05) is 0 Å². The van der Waals surface area contributed by atoms with Crippen LogP contribution in [0.1, 0.15) is 5.56 Å². The first kappa shape index (κ1) is 19.4. The van der Waals surface area contributed by atoms with Gasteiger partial charge in [-0.2, -0.15) is 0 Å². The Labute approximate surface area is 194 Å². The quantitative estimate of drug-likeness (QED) is 0.127. The van der Waals surface area contributed by atoms with Crippen LogP contribution in [0.15, 0.2) is 103 Å². The molecule has 5 aromatic rings. The molecule has 0 bridgehead atoms. The Kier molecular flexibility index (Phi) is 4.67. The Morgan fingerprint density at radius 3 is 1.62 bits per heavy atom. The van der Waals surface area contributed by atoms with Crippen LogP contribution < -0.4 is 9.05 Å². The average Bonchev–Trinajstić information content (AvgIpc) is 2.97. The molecular weight excluding hydrogens is 478 g/mol. The van der Waals surface area contributed by atoms with Crippen molar-refractivity contribution in [1.82, 2.24) is 0 Å². The first-order valence-electron chi connectivity index (χ1n) is 10.3. The summed E-state index contributed by atoms with van der Waals surface area (Å²) in [5, 5.41) is 4.59. The van der Waals surface area contributed by atoms with Crippen LogP contribution in [-0.2, 0) is 0 Å². The Balaban J connectivity index is 1.66. The molecule has 0 radical (unpaired) electrons. The van der Waals surface area contributed by atoms with Gasteiger partial charge in [0.15, 0.2) is 0 Å². The minimum absolute atomic E-state index is 0.785. The van der Waals surface area contributed by atoms with Gasteiger partial charge < -0.3 is 0 Å². The third-order valence-electron chi connectivity index (χ3n) is 5.58. The Bertz CT molecular complexity index is 1520. The molecule has 0 saturated carbocycles. The zero-order chi connectivity index (χ0) is 21.5. The van der Waals surface area contributed by atoms with Gasteiger partial charge in [-0.25, -0.2) is 0 Å². The summed E-state index contributed by atoms with van der Waals surface area (Å²) >= 11 is 3.17. The van der Waals surface area contributed by atoms with Gasteiger partial charge >= 0.3 is 195 Å². The Morgan fingerprint density at radius 2 is 1.06 bits per heavy atom. The van der Waals surface area contributed by atoms with Gasteiger partial charge in [0.2, 0.25) is 0 Å². The van der Waals surface area contributed by atoms with Crippen LogP contribution in [0.2, 0.25) is 0 Å². The van der Waals surface area contributed by atoms with Crippen molar-refractivity contribution >= 4 is 42.6 Å². The average molecular weight is 495 g/mol. The second-order valence-electron chi connectivity index (χ2n) is 7.60. The van der Waals surface area contributed by atoms with Crippen molar-refractivity contribution in [3.8, 4) is 34.2 Å². The van der Waals surface area contributed by atoms with E-state index >= 15 is 0 Å². The molecule has 0 aromatic heterocycles. The molecule has 1 aliphatic rings. The van der Waals surface area contributed by atoms with Gasteiger partial charge in [-0.15, -0.1) is 0 Å². The zero-order valence-corrected chi connectivity index (χ0v) is 19.6. The summed E-state index contributed by atoms with van der Waals surface area (Å²) in [6, 6.07) is 35.0. The summed E-state index contributed by atoms with van der Waals surface area (Å²) in [6.45, 7) is 0. The van der Waals surface area contributed by atoms with E-state index in [9.17, 15) is 0 Å². The van der Waals surface area contributed by atoms with Gasteiger partial charge in [0.25, 0.3) is 0 Å². The van der Waals surface area contributed by atoms with Gasteiger partial charge in [0.05, 0.1) is 0 Å². The van der Waals surface area contributed by atoms with Crippen LogP contribution in [0.5, 0.6) is 11.5 Å². The molecule has 0 saturated heterocycles. The van der Waals surface area contributed by atoms with E-state index in [4.69, 9.17) is 9.05 Å². The molecule has 0 N–H and O–H groups in total. The summed E-state index contributed by atoms with van der Waals surface area (Å²) < 4.78 is 13.1. The van der Waals surface area contributed by atoms with Crippen LogP contribution in [0, 0.1) is 11.6 Å². The Morgan fingerprint density at radius 1 is 0.562 bits per heavy atom. The van der Waals surface area contributed by atoms with Gasteiger partial charge in [-0.05, 0) is 0 Å². The first-order chi connectivity index (χ1) is 15.7. The van der Waals surface area contributed by atoms with E-state index in [0.717, 1.165) is 49.7 Å². The predicted octanol–water partition coefficient (Wildman–Crippen LogP) is 7.37. The standard InChI is InChI=1S/C28H17O2PSe/c32-31(19-18-20-8-2-1-3-9-20)29-25-16-14-21-10-4-6-12-23(21)27(25)28-24-13-7-5-11-22(24)15-17-26(28)30-31/h1-17H. The predicted molar refractivity (Wildman–Crippen MR) is 134 cm³/mol. The third-order valence-corrected chi connectivity index (χ3v) is 8.35. The zero-order valence-electron chi connectivity index (χ0n) is 17.0. The molecule has 0 fully saturated rings. The van der Waals surface area contributed by atoms with E-state index in [0.29, 0.717) is 0 Å². The summed E-state index contributed by atoms with van der Waals surface area (Å²) in [7, 11) is 0. The maximum atomic E-state index is 6.57. The number of fused-ring (bicyclic) bond motifs is 7. The number of hydrogen-bond donors (Lipinski definition) is 0. The molecule has 0 aliphatic carbocycles. The molecule has 32 heavy (non-hydrogen) atoms. The van der Waals surface area contributed by atoms with Gasteiger partial charge in [0.1, 0.15) is 0 Å². The van der Waals surface area contributed by atoms with Crippen LogP contribution in [0.25, 0.3) is 32.7 Å². The molecular formula is C28H17O2PSe. The molecule has 0 atom stereocenters. The number of hydrogen-bond acceptors (Lipinski definition) is 2. The monoisotopic (exact) mass is 496 g/mol. The molecule has 5 aromatic carbocycles. The SMILES string of the molecule is [Se]=P1(C#Cc2ccccc2)Oc2ccc3ccccc3c2-c2c(ccc3ccccc23)O1. The molecule has 152 valence electrons. The molecule has 4 heteroatoms. The van der Waals surface area contributed by atoms with Crippen molar-refractivity contribution < 1.29 is 9.05 Å². The van der Waals surface area contributed by atoms with Crippen molar-refractivity contribution in [2.24, 2.45) is 0 Å².